The minimum Gasteiger partial charge on any atom is -0.368 e. The molecule has 1 saturated heterocycles. The van der Waals surface area contributed by atoms with Gasteiger partial charge in [-0.3, -0.25) is 4.79 Å². The highest BCUT2D eigenvalue weighted by Gasteiger charge is 2.35. The van der Waals surface area contributed by atoms with Crippen LogP contribution in [0.1, 0.15) is 41.4 Å². The average Bonchev–Trinajstić information content (AvgIpc) is 3.32. The second-order valence-electron chi connectivity index (χ2n) is 8.31. The predicted octanol–water partition coefficient (Wildman–Crippen LogP) is 4.34. The summed E-state index contributed by atoms with van der Waals surface area (Å²) >= 11 is 0. The van der Waals surface area contributed by atoms with Gasteiger partial charge in [-0.25, -0.2) is 4.98 Å². The summed E-state index contributed by atoms with van der Waals surface area (Å²) in [5, 5.41) is 11.3. The van der Waals surface area contributed by atoms with Gasteiger partial charge in [-0.05, 0) is 49.9 Å². The maximum Gasteiger partial charge on any atom is 0.433 e. The van der Waals surface area contributed by atoms with Crippen LogP contribution < -0.4 is 5.32 Å². The lowest BCUT2D eigenvalue weighted by Crippen LogP contribution is -2.51. The molecule has 0 radical (unpaired) electrons. The van der Waals surface area contributed by atoms with E-state index in [0.29, 0.717) is 24.3 Å². The van der Waals surface area contributed by atoms with Gasteiger partial charge in [0.05, 0.1) is 29.7 Å². The Labute approximate surface area is 189 Å². The fourth-order valence-electron chi connectivity index (χ4n) is 4.20. The number of alkyl halides is 3. The van der Waals surface area contributed by atoms with Gasteiger partial charge in [0.15, 0.2) is 0 Å². The van der Waals surface area contributed by atoms with Crippen LogP contribution in [-0.4, -0.2) is 49.9 Å². The molecule has 0 saturated carbocycles. The number of carbonyl (C=O) groups is 1. The van der Waals surface area contributed by atoms with Crippen molar-refractivity contribution >= 4 is 11.7 Å². The number of pyridine rings is 1. The van der Waals surface area contributed by atoms with Crippen LogP contribution in [-0.2, 0) is 6.18 Å². The predicted molar refractivity (Wildman–Crippen MR) is 117 cm³/mol. The Balaban J connectivity index is 1.59. The number of aryl methyl sites for hydroxylation is 1. The topological polar surface area (TPSA) is 75.9 Å². The first-order valence-corrected chi connectivity index (χ1v) is 10.8. The van der Waals surface area contributed by atoms with Gasteiger partial charge in [-0.2, -0.15) is 28.2 Å². The molecule has 2 atom stereocenters. The molecule has 10 heteroatoms. The average molecular weight is 458 g/mol. The number of hydrogen-bond donors (Lipinski definition) is 1. The van der Waals surface area contributed by atoms with Crippen LogP contribution >= 0.6 is 0 Å². The monoisotopic (exact) mass is 458 g/mol. The second kappa shape index (κ2) is 9.21. The smallest absolute Gasteiger partial charge is 0.368 e. The fourth-order valence-corrected chi connectivity index (χ4v) is 4.20. The van der Waals surface area contributed by atoms with Crippen molar-refractivity contribution in [1.29, 1.82) is 0 Å². The first-order chi connectivity index (χ1) is 15.7. The Hall–Kier alpha value is -3.43. The number of rotatable bonds is 5. The van der Waals surface area contributed by atoms with Gasteiger partial charge in [0.25, 0.3) is 5.91 Å². The number of piperidine rings is 1. The molecule has 1 fully saturated rings. The number of aromatic nitrogens is 4. The third-order valence-electron chi connectivity index (χ3n) is 5.93. The van der Waals surface area contributed by atoms with Crippen molar-refractivity contribution in [3.63, 3.8) is 0 Å². The van der Waals surface area contributed by atoms with Crippen molar-refractivity contribution in [3.05, 3.63) is 65.6 Å². The Bertz CT molecular complexity index is 1120. The number of nitrogens with one attached hydrogen (secondary N) is 1. The first-order valence-electron chi connectivity index (χ1n) is 10.8. The van der Waals surface area contributed by atoms with E-state index in [9.17, 15) is 18.0 Å². The van der Waals surface area contributed by atoms with Crippen molar-refractivity contribution in [3.8, 4) is 5.69 Å². The van der Waals surface area contributed by atoms with Gasteiger partial charge in [0.2, 0.25) is 0 Å². The lowest BCUT2D eigenvalue weighted by molar-refractivity contribution is -0.141. The number of hydrogen-bond acceptors (Lipinski definition) is 5. The molecular weight excluding hydrogens is 433 g/mol. The second-order valence-corrected chi connectivity index (χ2v) is 8.31. The van der Waals surface area contributed by atoms with Crippen molar-refractivity contribution in [2.45, 2.75) is 38.9 Å². The third-order valence-corrected chi connectivity index (χ3v) is 5.93. The highest BCUT2D eigenvalue weighted by Crippen LogP contribution is 2.29. The molecule has 1 aliphatic heterocycles. The molecule has 1 N–H and O–H groups in total. The van der Waals surface area contributed by atoms with E-state index in [1.165, 1.54) is 16.9 Å². The van der Waals surface area contributed by atoms with Gasteiger partial charge in [0.1, 0.15) is 11.5 Å². The summed E-state index contributed by atoms with van der Waals surface area (Å²) in [6.07, 6.45) is 0.359. The lowest BCUT2D eigenvalue weighted by atomic mass is 9.89. The molecule has 0 spiro atoms. The van der Waals surface area contributed by atoms with Gasteiger partial charge < -0.3 is 10.2 Å². The zero-order valence-corrected chi connectivity index (χ0v) is 18.4. The summed E-state index contributed by atoms with van der Waals surface area (Å²) in [6, 6.07) is 9.08. The van der Waals surface area contributed by atoms with Crippen LogP contribution in [0.3, 0.4) is 0 Å². The first kappa shape index (κ1) is 22.8. The van der Waals surface area contributed by atoms with Crippen molar-refractivity contribution in [1.82, 2.24) is 24.9 Å². The molecule has 4 rings (SSSR count). The molecule has 0 bridgehead atoms. The van der Waals surface area contributed by atoms with E-state index in [1.54, 1.807) is 17.3 Å². The number of amides is 1. The van der Waals surface area contributed by atoms with E-state index in [2.05, 4.69) is 27.4 Å². The number of likely N-dealkylation sites (tertiary alicyclic amines) is 1. The van der Waals surface area contributed by atoms with Crippen LogP contribution in [0, 0.1) is 12.8 Å². The van der Waals surface area contributed by atoms with Gasteiger partial charge in [-0.15, -0.1) is 0 Å². The molecule has 3 heterocycles. The van der Waals surface area contributed by atoms with E-state index in [1.807, 2.05) is 25.1 Å². The molecular formula is C23H25F3N6O. The molecule has 0 aliphatic carbocycles. The molecule has 1 aliphatic rings. The van der Waals surface area contributed by atoms with Gasteiger partial charge in [-0.1, -0.05) is 24.6 Å². The summed E-state index contributed by atoms with van der Waals surface area (Å²) in [4.78, 5) is 20.6. The number of anilines is 1. The number of carbonyl (C=O) groups excluding carboxylic acids is 1. The van der Waals surface area contributed by atoms with Crippen LogP contribution in [0.2, 0.25) is 0 Å². The fraction of sp³-hybridized carbons (Fsp3) is 0.391. The zero-order valence-electron chi connectivity index (χ0n) is 18.4. The molecule has 2 aromatic heterocycles. The van der Waals surface area contributed by atoms with Crippen molar-refractivity contribution < 1.29 is 18.0 Å². The summed E-state index contributed by atoms with van der Waals surface area (Å²) in [5.74, 6) is 0.144. The van der Waals surface area contributed by atoms with Crippen LogP contribution in [0.5, 0.6) is 0 Å². The highest BCUT2D eigenvalue weighted by atomic mass is 19.4. The van der Waals surface area contributed by atoms with Crippen LogP contribution in [0.4, 0.5) is 19.0 Å². The molecule has 1 aromatic carbocycles. The van der Waals surface area contributed by atoms with E-state index in [0.717, 1.165) is 24.5 Å². The largest absolute Gasteiger partial charge is 0.433 e. The Morgan fingerprint density at radius 1 is 1.18 bits per heavy atom. The SMILES string of the molecule is Cc1ccc(-n2nccn2)c(C(=O)N2CCC[C@@H](C)[C@H]2CNc2cccc(C(F)(F)F)n2)c1. The van der Waals surface area contributed by atoms with Gasteiger partial charge in [0, 0.05) is 13.1 Å². The van der Waals surface area contributed by atoms with E-state index in [4.69, 9.17) is 0 Å². The zero-order chi connectivity index (χ0) is 23.6. The number of nitrogens with zero attached hydrogens (tertiary/aromatic N) is 5. The van der Waals surface area contributed by atoms with Crippen molar-refractivity contribution in [2.75, 3.05) is 18.4 Å². The Kier molecular flexibility index (Phi) is 6.35. The highest BCUT2D eigenvalue weighted by molar-refractivity contribution is 5.98. The molecule has 0 unspecified atom stereocenters. The standard InChI is InChI=1S/C23H25F3N6O/c1-15-8-9-18(32-28-10-11-29-32)17(13-15)22(33)31-12-4-5-16(2)19(31)14-27-21-7-3-6-20(30-21)23(24,25)26/h3,6-11,13,16,19H,4-5,12,14H2,1-2H3,(H,27,30)/t16-,19-/m1/s1. The number of halogens is 3. The summed E-state index contributed by atoms with van der Waals surface area (Å²) in [6.45, 7) is 4.82. The van der Waals surface area contributed by atoms with E-state index in [-0.39, 0.29) is 23.7 Å². The summed E-state index contributed by atoms with van der Waals surface area (Å²) in [7, 11) is 0. The molecule has 33 heavy (non-hydrogen) atoms. The summed E-state index contributed by atoms with van der Waals surface area (Å²) < 4.78 is 39.0. The third kappa shape index (κ3) is 4.99. The maximum atomic E-state index is 13.7. The van der Waals surface area contributed by atoms with Crippen LogP contribution in [0.25, 0.3) is 5.69 Å². The van der Waals surface area contributed by atoms with Gasteiger partial charge >= 0.3 is 6.18 Å². The quantitative estimate of drug-likeness (QED) is 0.616. The molecule has 174 valence electrons. The number of benzene rings is 1. The molecule has 3 aromatic rings. The van der Waals surface area contributed by atoms with Crippen molar-refractivity contribution in [2.24, 2.45) is 5.92 Å². The minimum atomic E-state index is -4.51. The lowest BCUT2D eigenvalue weighted by Gasteiger charge is -2.40. The van der Waals surface area contributed by atoms with Crippen LogP contribution in [0.15, 0.2) is 48.8 Å². The molecule has 7 nitrogen and oxygen atoms in total. The van der Waals surface area contributed by atoms with E-state index >= 15 is 0 Å². The molecule has 1 amide bonds. The minimum absolute atomic E-state index is 0.131. The van der Waals surface area contributed by atoms with E-state index < -0.39 is 11.9 Å². The Morgan fingerprint density at radius 3 is 2.67 bits per heavy atom. The normalized spacial score (nSPS) is 18.9. The maximum absolute atomic E-state index is 13.7. The Morgan fingerprint density at radius 2 is 1.94 bits per heavy atom. The summed E-state index contributed by atoms with van der Waals surface area (Å²) in [5.41, 5.74) is 1.05.